The molecule has 0 bridgehead atoms. The second kappa shape index (κ2) is 14.9. The Bertz CT molecular complexity index is 2210. The van der Waals surface area contributed by atoms with Crippen LogP contribution in [-0.2, 0) is 17.6 Å². The number of benzene rings is 2. The average molecular weight is 691 g/mol. The zero-order chi connectivity index (χ0) is 35.9. The highest BCUT2D eigenvalue weighted by Crippen LogP contribution is 2.25. The summed E-state index contributed by atoms with van der Waals surface area (Å²) in [6.07, 6.45) is 10.4. The molecule has 6 rings (SSSR count). The van der Waals surface area contributed by atoms with Gasteiger partial charge in [-0.2, -0.15) is 0 Å². The van der Waals surface area contributed by atoms with Crippen LogP contribution >= 0.6 is 0 Å². The highest BCUT2D eigenvalue weighted by Gasteiger charge is 2.20. The first kappa shape index (κ1) is 33.7. The van der Waals surface area contributed by atoms with E-state index in [0.29, 0.717) is 30.0 Å². The lowest BCUT2D eigenvalue weighted by molar-refractivity contribution is 0.0600. The van der Waals surface area contributed by atoms with Crippen LogP contribution in [-0.4, -0.2) is 75.5 Å². The van der Waals surface area contributed by atoms with Gasteiger partial charge in [-0.05, 0) is 78.9 Å². The Morgan fingerprint density at radius 3 is 1.82 bits per heavy atom. The summed E-state index contributed by atoms with van der Waals surface area (Å²) in [4.78, 5) is 58.3. The van der Waals surface area contributed by atoms with Gasteiger partial charge in [0.25, 0.3) is 11.8 Å². The number of anilines is 2. The summed E-state index contributed by atoms with van der Waals surface area (Å²) >= 11 is 0. The molecular formula is C34H27FN10O6. The molecule has 0 saturated carbocycles. The van der Waals surface area contributed by atoms with Gasteiger partial charge in [0, 0.05) is 24.8 Å². The molecule has 0 aliphatic rings. The minimum atomic E-state index is -1.37. The number of hydrogen-bond acceptors (Lipinski definition) is 11. The van der Waals surface area contributed by atoms with Crippen molar-refractivity contribution in [2.24, 2.45) is 0 Å². The number of carbonyl (C=O) groups excluding carboxylic acids is 3. The Labute approximate surface area is 288 Å². The van der Waals surface area contributed by atoms with Crippen LogP contribution in [0.4, 0.5) is 15.8 Å². The van der Waals surface area contributed by atoms with Crippen molar-refractivity contribution >= 4 is 35.1 Å². The maximum Gasteiger partial charge on any atom is 0.339 e. The number of carbonyl (C=O) groups is 4. The molecule has 0 saturated heterocycles. The molecule has 4 aromatic heterocycles. The van der Waals surface area contributed by atoms with E-state index in [0.717, 1.165) is 6.07 Å². The number of amides is 2. The van der Waals surface area contributed by atoms with Gasteiger partial charge in [-0.15, -0.1) is 20.4 Å². The number of aromatic nitrogens is 8. The largest absolute Gasteiger partial charge is 0.478 e. The third-order valence-electron chi connectivity index (χ3n) is 7.62. The third kappa shape index (κ3) is 7.78. The smallest absolute Gasteiger partial charge is 0.339 e. The average Bonchev–Trinajstić information content (AvgIpc) is 3.88. The van der Waals surface area contributed by atoms with Crippen LogP contribution in [0.3, 0.4) is 0 Å². The molecule has 0 atom stereocenters. The second-order valence-corrected chi connectivity index (χ2v) is 10.9. The lowest BCUT2D eigenvalue weighted by atomic mass is 9.99. The summed E-state index contributed by atoms with van der Waals surface area (Å²) in [5.74, 6) is -3.28. The Morgan fingerprint density at radius 1 is 0.745 bits per heavy atom. The van der Waals surface area contributed by atoms with Crippen molar-refractivity contribution in [2.45, 2.75) is 19.3 Å². The fourth-order valence-corrected chi connectivity index (χ4v) is 5.04. The first-order valence-corrected chi connectivity index (χ1v) is 15.2. The fourth-order valence-electron chi connectivity index (χ4n) is 5.04. The molecule has 2 amide bonds. The van der Waals surface area contributed by atoms with Gasteiger partial charge in [0.1, 0.15) is 18.5 Å². The van der Waals surface area contributed by atoms with E-state index < -0.39 is 29.6 Å². The number of nitrogens with zero attached hydrogens (tertiary/aromatic N) is 8. The van der Waals surface area contributed by atoms with E-state index in [2.05, 4.69) is 41.0 Å². The van der Waals surface area contributed by atoms with Crippen LogP contribution < -0.4 is 10.6 Å². The predicted molar refractivity (Wildman–Crippen MR) is 177 cm³/mol. The molecule has 0 spiro atoms. The number of methoxy groups -OCH3 is 1. The fraction of sp³-hybridized carbons (Fsp3) is 0.118. The van der Waals surface area contributed by atoms with Gasteiger partial charge in [-0.1, -0.05) is 6.07 Å². The molecule has 0 fully saturated rings. The van der Waals surface area contributed by atoms with Gasteiger partial charge in [-0.25, -0.2) is 23.9 Å². The number of aryl methyl sites for hydroxylation is 2. The number of rotatable bonds is 12. The van der Waals surface area contributed by atoms with E-state index in [9.17, 15) is 24.3 Å². The van der Waals surface area contributed by atoms with Gasteiger partial charge in [0.15, 0.2) is 23.0 Å². The predicted octanol–water partition coefficient (Wildman–Crippen LogP) is 3.94. The maximum atomic E-state index is 15.2. The lowest BCUT2D eigenvalue weighted by Crippen LogP contribution is -2.18. The summed E-state index contributed by atoms with van der Waals surface area (Å²) in [7, 11) is 1.22. The topological polar surface area (TPSA) is 209 Å². The van der Waals surface area contributed by atoms with E-state index in [-0.39, 0.29) is 45.9 Å². The van der Waals surface area contributed by atoms with Crippen molar-refractivity contribution in [2.75, 3.05) is 17.7 Å². The number of halogens is 1. The summed E-state index contributed by atoms with van der Waals surface area (Å²) in [6, 6.07) is 12.9. The van der Waals surface area contributed by atoms with Crippen LogP contribution in [0, 0.1) is 5.82 Å². The van der Waals surface area contributed by atoms with E-state index in [1.54, 1.807) is 52.1 Å². The van der Waals surface area contributed by atoms with Crippen molar-refractivity contribution in [3.63, 3.8) is 0 Å². The summed E-state index contributed by atoms with van der Waals surface area (Å²) in [5, 5.41) is 30.8. The normalized spacial score (nSPS) is 10.8. The number of carboxylic acid groups (broad SMARTS) is 1. The Hall–Kier alpha value is -7.17. The molecule has 51 heavy (non-hydrogen) atoms. The summed E-state index contributed by atoms with van der Waals surface area (Å²) in [6.45, 7) is 0. The zero-order valence-corrected chi connectivity index (χ0v) is 26.7. The molecule has 6 aromatic rings. The molecule has 0 unspecified atom stereocenters. The van der Waals surface area contributed by atoms with Crippen LogP contribution in [0.15, 0.2) is 92.0 Å². The van der Waals surface area contributed by atoms with Crippen LogP contribution in [0.2, 0.25) is 0 Å². The summed E-state index contributed by atoms with van der Waals surface area (Å²) < 4.78 is 23.3. The number of esters is 1. The number of aromatic carboxylic acids is 1. The quantitative estimate of drug-likeness (QED) is 0.156. The highest BCUT2D eigenvalue weighted by molar-refractivity contribution is 6.08. The molecule has 0 radical (unpaired) electrons. The Morgan fingerprint density at radius 2 is 1.33 bits per heavy atom. The molecule has 3 N–H and O–H groups in total. The van der Waals surface area contributed by atoms with E-state index in [1.807, 2.05) is 0 Å². The number of carboxylic acids is 1. The molecule has 4 heterocycles. The van der Waals surface area contributed by atoms with E-state index in [1.165, 1.54) is 50.1 Å². The molecule has 0 aliphatic heterocycles. The Balaban J connectivity index is 1.12. The van der Waals surface area contributed by atoms with E-state index in [4.69, 9.17) is 4.74 Å². The Kier molecular flexibility index (Phi) is 9.88. The van der Waals surface area contributed by atoms with Crippen molar-refractivity contribution in [1.82, 2.24) is 39.5 Å². The standard InChI is InChI=1S/C34H27FN10O6/c1-51-34(50)22-6-5-20(15-27(22)38-31(46)25-7-9-29(42-40-25)44-13-11-36-18-44)3-2-4-21-16-23(33(48)49)28(17-24(21)35)39-32(47)26-8-10-30(43-41-26)45-14-12-37-19-45/h5-19H,2-4H2,1H3,(H,38,46)(H,39,47)(H,48,49). The highest BCUT2D eigenvalue weighted by atomic mass is 19.1. The number of hydrogen-bond donors (Lipinski definition) is 3. The van der Waals surface area contributed by atoms with E-state index >= 15 is 4.39 Å². The molecule has 17 heteroatoms. The SMILES string of the molecule is COC(=O)c1ccc(CCCc2cc(C(=O)O)c(NC(=O)c3ccc(-n4ccnc4)nn3)cc2F)cc1NC(=O)c1ccc(-n2ccnc2)nn1. The third-order valence-corrected chi connectivity index (χ3v) is 7.62. The van der Waals surface area contributed by atoms with Crippen molar-refractivity contribution in [3.05, 3.63) is 131 Å². The van der Waals surface area contributed by atoms with Crippen LogP contribution in [0.1, 0.15) is 59.2 Å². The van der Waals surface area contributed by atoms with Gasteiger partial charge < -0.3 is 20.5 Å². The van der Waals surface area contributed by atoms with Gasteiger partial charge >= 0.3 is 11.9 Å². The monoisotopic (exact) mass is 690 g/mol. The number of imidazole rings is 2. The molecule has 256 valence electrons. The first-order chi connectivity index (χ1) is 24.7. The van der Waals surface area contributed by atoms with Gasteiger partial charge in [0.2, 0.25) is 0 Å². The van der Waals surface area contributed by atoms with Crippen molar-refractivity contribution < 1.29 is 33.4 Å². The van der Waals surface area contributed by atoms with Gasteiger partial charge in [-0.3, -0.25) is 18.7 Å². The van der Waals surface area contributed by atoms with Crippen molar-refractivity contribution in [3.8, 4) is 11.6 Å². The summed E-state index contributed by atoms with van der Waals surface area (Å²) in [5.41, 5.74) is 0.434. The molecule has 16 nitrogen and oxygen atoms in total. The minimum absolute atomic E-state index is 0.000810. The second-order valence-electron chi connectivity index (χ2n) is 10.9. The van der Waals surface area contributed by atoms with Gasteiger partial charge in [0.05, 0.1) is 29.6 Å². The zero-order valence-electron chi connectivity index (χ0n) is 26.7. The molecule has 0 aliphatic carbocycles. The molecular weight excluding hydrogens is 663 g/mol. The van der Waals surface area contributed by atoms with Crippen LogP contribution in [0.25, 0.3) is 11.6 Å². The van der Waals surface area contributed by atoms with Crippen LogP contribution in [0.5, 0.6) is 0 Å². The molecule has 2 aromatic carbocycles. The van der Waals surface area contributed by atoms with Crippen molar-refractivity contribution in [1.29, 1.82) is 0 Å². The number of ether oxygens (including phenoxy) is 1. The first-order valence-electron chi connectivity index (χ1n) is 15.2. The number of nitrogens with one attached hydrogen (secondary N) is 2. The minimum Gasteiger partial charge on any atom is -0.478 e. The lowest BCUT2D eigenvalue weighted by Gasteiger charge is -2.13. The maximum absolute atomic E-state index is 15.2.